The predicted molar refractivity (Wildman–Crippen MR) is 76.3 cm³/mol. The number of benzene rings is 2. The molecule has 108 valence electrons. The van der Waals surface area contributed by atoms with Crippen molar-refractivity contribution in [1.29, 1.82) is 0 Å². The number of carbonyl (C=O) groups excluding carboxylic acids is 1. The molecule has 0 bridgehead atoms. The summed E-state index contributed by atoms with van der Waals surface area (Å²) in [5.74, 6) is -0.302. The van der Waals surface area contributed by atoms with Crippen LogP contribution in [0.25, 0.3) is 6.08 Å². The minimum Gasteiger partial charge on any atom is -0.289 e. The fourth-order valence-corrected chi connectivity index (χ4v) is 1.83. The molecule has 0 radical (unpaired) electrons. The molecule has 0 N–H and O–H groups in total. The second-order valence-corrected chi connectivity index (χ2v) is 4.76. The number of hydrogen-bond donors (Lipinski definition) is 0. The quantitative estimate of drug-likeness (QED) is 0.558. The van der Waals surface area contributed by atoms with Crippen LogP contribution in [-0.4, -0.2) is 5.78 Å². The number of rotatable bonds is 3. The zero-order valence-corrected chi connectivity index (χ0v) is 11.4. The Hall–Kier alpha value is -2.07. The fraction of sp³-hybridized carbons (Fsp3) is 0.0625. The lowest BCUT2D eigenvalue weighted by Crippen LogP contribution is -2.04. The maximum atomic E-state index is 12.6. The number of alkyl halides is 3. The standard InChI is InChI=1S/C16H10ClF3O/c17-14-7-5-12(6-8-14)15(21)9-4-11-2-1-3-13(10-11)16(18,19)20/h1-10H. The highest BCUT2D eigenvalue weighted by Crippen LogP contribution is 2.29. The molecule has 2 aromatic rings. The molecule has 0 fully saturated rings. The van der Waals surface area contributed by atoms with Crippen LogP contribution in [0, 0.1) is 0 Å². The summed E-state index contributed by atoms with van der Waals surface area (Å²) in [7, 11) is 0. The topological polar surface area (TPSA) is 17.1 Å². The van der Waals surface area contributed by atoms with Gasteiger partial charge in [-0.1, -0.05) is 29.8 Å². The molecule has 0 amide bonds. The van der Waals surface area contributed by atoms with Crippen molar-refractivity contribution in [2.24, 2.45) is 0 Å². The van der Waals surface area contributed by atoms with E-state index in [-0.39, 0.29) is 5.78 Å². The molecule has 0 spiro atoms. The summed E-state index contributed by atoms with van der Waals surface area (Å²) in [4.78, 5) is 11.9. The summed E-state index contributed by atoms with van der Waals surface area (Å²) in [6, 6.07) is 11.0. The van der Waals surface area contributed by atoms with Gasteiger partial charge in [0.25, 0.3) is 0 Å². The zero-order valence-electron chi connectivity index (χ0n) is 10.7. The van der Waals surface area contributed by atoms with E-state index in [2.05, 4.69) is 0 Å². The van der Waals surface area contributed by atoms with Crippen molar-refractivity contribution in [1.82, 2.24) is 0 Å². The van der Waals surface area contributed by atoms with Crippen LogP contribution in [-0.2, 0) is 6.18 Å². The first-order chi connectivity index (χ1) is 9.86. The fourth-order valence-electron chi connectivity index (χ4n) is 1.70. The average Bonchev–Trinajstić information content (AvgIpc) is 2.45. The Balaban J connectivity index is 2.17. The first kappa shape index (κ1) is 15.3. The summed E-state index contributed by atoms with van der Waals surface area (Å²) >= 11 is 5.71. The van der Waals surface area contributed by atoms with E-state index in [4.69, 9.17) is 11.6 Å². The summed E-state index contributed by atoms with van der Waals surface area (Å²) in [6.07, 6.45) is -1.81. The summed E-state index contributed by atoms with van der Waals surface area (Å²) in [6.45, 7) is 0. The molecule has 5 heteroatoms. The summed E-state index contributed by atoms with van der Waals surface area (Å²) in [5.41, 5.74) is -0.0154. The predicted octanol–water partition coefficient (Wildman–Crippen LogP) is 5.25. The normalized spacial score (nSPS) is 11.8. The second kappa shape index (κ2) is 6.14. The molecule has 2 rings (SSSR count). The molecule has 2 aromatic carbocycles. The van der Waals surface area contributed by atoms with Gasteiger partial charge in [-0.25, -0.2) is 0 Å². The molecule has 0 saturated heterocycles. The third-order valence-corrected chi connectivity index (χ3v) is 3.02. The van der Waals surface area contributed by atoms with Crippen molar-refractivity contribution in [3.8, 4) is 0 Å². The van der Waals surface area contributed by atoms with E-state index in [1.54, 1.807) is 24.3 Å². The van der Waals surface area contributed by atoms with Crippen LogP contribution >= 0.6 is 11.6 Å². The molecule has 0 saturated carbocycles. The van der Waals surface area contributed by atoms with Crippen molar-refractivity contribution in [2.75, 3.05) is 0 Å². The van der Waals surface area contributed by atoms with E-state index in [0.29, 0.717) is 16.1 Å². The van der Waals surface area contributed by atoms with Gasteiger partial charge in [0.05, 0.1) is 5.56 Å². The van der Waals surface area contributed by atoms with Gasteiger partial charge in [0.15, 0.2) is 5.78 Å². The number of allylic oxidation sites excluding steroid dienone is 1. The Morgan fingerprint density at radius 3 is 2.33 bits per heavy atom. The molecule has 0 aliphatic carbocycles. The first-order valence-electron chi connectivity index (χ1n) is 6.01. The zero-order chi connectivity index (χ0) is 15.5. The first-order valence-corrected chi connectivity index (χ1v) is 6.39. The lowest BCUT2D eigenvalue weighted by atomic mass is 10.1. The van der Waals surface area contributed by atoms with Crippen LogP contribution < -0.4 is 0 Å². The lowest BCUT2D eigenvalue weighted by Gasteiger charge is -2.06. The highest BCUT2D eigenvalue weighted by molar-refractivity contribution is 6.30. The van der Waals surface area contributed by atoms with Crippen LogP contribution in [0.5, 0.6) is 0 Å². The van der Waals surface area contributed by atoms with E-state index >= 15 is 0 Å². The molecular weight excluding hydrogens is 301 g/mol. The van der Waals surface area contributed by atoms with E-state index < -0.39 is 11.7 Å². The molecule has 0 aromatic heterocycles. The van der Waals surface area contributed by atoms with Crippen LogP contribution in [0.4, 0.5) is 13.2 Å². The van der Waals surface area contributed by atoms with Gasteiger partial charge < -0.3 is 0 Å². The number of hydrogen-bond acceptors (Lipinski definition) is 1. The minimum atomic E-state index is -4.40. The molecule has 21 heavy (non-hydrogen) atoms. The largest absolute Gasteiger partial charge is 0.416 e. The summed E-state index contributed by atoms with van der Waals surface area (Å²) < 4.78 is 37.7. The second-order valence-electron chi connectivity index (χ2n) is 4.33. The van der Waals surface area contributed by atoms with Gasteiger partial charge in [-0.15, -0.1) is 0 Å². The van der Waals surface area contributed by atoms with Gasteiger partial charge in [0.2, 0.25) is 0 Å². The maximum Gasteiger partial charge on any atom is 0.416 e. The third-order valence-electron chi connectivity index (χ3n) is 2.77. The highest BCUT2D eigenvalue weighted by Gasteiger charge is 2.30. The number of ketones is 1. The van der Waals surface area contributed by atoms with Gasteiger partial charge in [0.1, 0.15) is 0 Å². The number of halogens is 4. The molecule has 0 aliphatic rings. The lowest BCUT2D eigenvalue weighted by molar-refractivity contribution is -0.137. The Morgan fingerprint density at radius 2 is 1.71 bits per heavy atom. The Morgan fingerprint density at radius 1 is 1.05 bits per heavy atom. The Labute approximate surface area is 124 Å². The van der Waals surface area contributed by atoms with E-state index in [9.17, 15) is 18.0 Å². The van der Waals surface area contributed by atoms with Crippen molar-refractivity contribution >= 4 is 23.5 Å². The number of carbonyl (C=O) groups is 1. The van der Waals surface area contributed by atoms with Gasteiger partial charge >= 0.3 is 6.18 Å². The monoisotopic (exact) mass is 310 g/mol. The van der Waals surface area contributed by atoms with Crippen molar-refractivity contribution in [3.63, 3.8) is 0 Å². The van der Waals surface area contributed by atoms with Crippen LogP contribution in [0.3, 0.4) is 0 Å². The third kappa shape index (κ3) is 4.20. The van der Waals surface area contributed by atoms with Crippen LogP contribution in [0.2, 0.25) is 5.02 Å². The van der Waals surface area contributed by atoms with Gasteiger partial charge in [-0.2, -0.15) is 13.2 Å². The van der Waals surface area contributed by atoms with Gasteiger partial charge in [0, 0.05) is 10.6 Å². The smallest absolute Gasteiger partial charge is 0.289 e. The van der Waals surface area contributed by atoms with Gasteiger partial charge in [-0.3, -0.25) is 4.79 Å². The highest BCUT2D eigenvalue weighted by atomic mass is 35.5. The van der Waals surface area contributed by atoms with Crippen molar-refractivity contribution < 1.29 is 18.0 Å². The summed E-state index contributed by atoms with van der Waals surface area (Å²) in [5, 5.41) is 0.508. The molecule has 0 unspecified atom stereocenters. The molecular formula is C16H10ClF3O. The molecule has 0 atom stereocenters. The SMILES string of the molecule is O=C(C=Cc1cccc(C(F)(F)F)c1)c1ccc(Cl)cc1. The maximum absolute atomic E-state index is 12.6. The Kier molecular flexibility index (Phi) is 4.48. The average molecular weight is 311 g/mol. The van der Waals surface area contributed by atoms with E-state index in [1.165, 1.54) is 24.3 Å². The van der Waals surface area contributed by atoms with E-state index in [0.717, 1.165) is 12.1 Å². The van der Waals surface area contributed by atoms with Crippen molar-refractivity contribution in [3.05, 3.63) is 76.3 Å². The molecule has 0 heterocycles. The van der Waals surface area contributed by atoms with E-state index in [1.807, 2.05) is 0 Å². The Bertz CT molecular complexity index is 673. The minimum absolute atomic E-state index is 0.302. The van der Waals surface area contributed by atoms with Crippen molar-refractivity contribution in [2.45, 2.75) is 6.18 Å². The van der Waals surface area contributed by atoms with Crippen LogP contribution in [0.15, 0.2) is 54.6 Å². The molecule has 1 nitrogen and oxygen atoms in total. The van der Waals surface area contributed by atoms with Gasteiger partial charge in [-0.05, 0) is 48.0 Å². The molecule has 0 aliphatic heterocycles. The van der Waals surface area contributed by atoms with Crippen LogP contribution in [0.1, 0.15) is 21.5 Å².